The molecule has 1 rings (SSSR count). The average Bonchev–Trinajstić information content (AvgIpc) is 2.18. The van der Waals surface area contributed by atoms with E-state index < -0.39 is 29.8 Å². The van der Waals surface area contributed by atoms with Gasteiger partial charge in [0.2, 0.25) is 0 Å². The molecule has 0 aliphatic rings. The maximum absolute atomic E-state index is 11.8. The number of hydrogen-bond donors (Lipinski definition) is 0. The van der Waals surface area contributed by atoms with Crippen molar-refractivity contribution in [3.05, 3.63) is 33.3 Å². The van der Waals surface area contributed by atoms with Crippen molar-refractivity contribution in [2.45, 2.75) is 12.6 Å². The molecule has 94 valence electrons. The number of benzene rings is 1. The highest BCUT2D eigenvalue weighted by atomic mass is 35.5. The number of alkyl halides is 3. The van der Waals surface area contributed by atoms with Crippen LogP contribution in [-0.4, -0.2) is 17.7 Å². The second-order valence-electron chi connectivity index (χ2n) is 3.08. The van der Waals surface area contributed by atoms with E-state index in [9.17, 15) is 23.3 Å². The lowest BCUT2D eigenvalue weighted by Gasteiger charge is -2.08. The van der Waals surface area contributed by atoms with Crippen LogP contribution in [0.5, 0.6) is 5.75 Å². The first kappa shape index (κ1) is 13.6. The Labute approximate surface area is 99.1 Å². The number of hydrogen-bond acceptors (Lipinski definition) is 3. The van der Waals surface area contributed by atoms with E-state index in [2.05, 4.69) is 0 Å². The normalized spacial score (nSPS) is 11.3. The maximum atomic E-state index is 11.8. The highest BCUT2D eigenvalue weighted by molar-refractivity contribution is 6.30. The summed E-state index contributed by atoms with van der Waals surface area (Å²) in [4.78, 5) is 9.81. The summed E-state index contributed by atoms with van der Waals surface area (Å²) in [6.45, 7) is -0.675. The number of halogens is 4. The zero-order chi connectivity index (χ0) is 13.1. The molecule has 0 aromatic heterocycles. The van der Waals surface area contributed by atoms with Gasteiger partial charge >= 0.3 is 11.9 Å². The summed E-state index contributed by atoms with van der Waals surface area (Å²) in [5, 5.41) is 10.7. The molecule has 0 saturated heterocycles. The quantitative estimate of drug-likeness (QED) is 0.620. The molecular formula is C9H7ClF3NO3. The van der Waals surface area contributed by atoms with Gasteiger partial charge in [0.25, 0.3) is 0 Å². The molecule has 0 N–H and O–H groups in total. The van der Waals surface area contributed by atoms with Gasteiger partial charge in [-0.15, -0.1) is 0 Å². The van der Waals surface area contributed by atoms with Crippen LogP contribution in [0.15, 0.2) is 18.2 Å². The van der Waals surface area contributed by atoms with Crippen LogP contribution in [0.3, 0.4) is 0 Å². The number of nitro benzene ring substituents is 1. The monoisotopic (exact) mass is 269 g/mol. The predicted octanol–water partition coefficient (Wildman–Crippen LogP) is 3.58. The van der Waals surface area contributed by atoms with Crippen molar-refractivity contribution in [1.29, 1.82) is 0 Å². The van der Waals surface area contributed by atoms with Gasteiger partial charge in [0.05, 0.1) is 18.0 Å². The molecule has 8 heteroatoms. The lowest BCUT2D eigenvalue weighted by molar-refractivity contribution is -0.385. The lowest BCUT2D eigenvalue weighted by atomic mass is 10.3. The SMILES string of the molecule is O=[N+]([O-])c1cc(Cl)ccc1OCCC(F)(F)F. The van der Waals surface area contributed by atoms with E-state index in [4.69, 9.17) is 16.3 Å². The molecule has 0 radical (unpaired) electrons. The fourth-order valence-electron chi connectivity index (χ4n) is 1.03. The van der Waals surface area contributed by atoms with Gasteiger partial charge in [0.15, 0.2) is 5.75 Å². The van der Waals surface area contributed by atoms with E-state index in [1.807, 2.05) is 0 Å². The Morgan fingerprint density at radius 1 is 1.41 bits per heavy atom. The van der Waals surface area contributed by atoms with Crippen LogP contribution in [0.2, 0.25) is 5.02 Å². The van der Waals surface area contributed by atoms with Gasteiger partial charge in [-0.3, -0.25) is 10.1 Å². The maximum Gasteiger partial charge on any atom is 0.392 e. The number of ether oxygens (including phenoxy) is 1. The minimum absolute atomic E-state index is 0.111. The van der Waals surface area contributed by atoms with Crippen LogP contribution in [0, 0.1) is 10.1 Å². The summed E-state index contributed by atoms with van der Waals surface area (Å²) in [7, 11) is 0. The van der Waals surface area contributed by atoms with Crippen molar-refractivity contribution in [1.82, 2.24) is 0 Å². The number of nitro groups is 1. The first-order chi connectivity index (χ1) is 7.79. The smallest absolute Gasteiger partial charge is 0.392 e. The molecule has 0 heterocycles. The van der Waals surface area contributed by atoms with Gasteiger partial charge in [-0.05, 0) is 12.1 Å². The fraction of sp³-hybridized carbons (Fsp3) is 0.333. The molecule has 1 aromatic rings. The predicted molar refractivity (Wildman–Crippen MR) is 54.3 cm³/mol. The van der Waals surface area contributed by atoms with Gasteiger partial charge in [-0.1, -0.05) is 11.6 Å². The number of nitrogens with zero attached hydrogens (tertiary/aromatic N) is 1. The molecule has 0 atom stereocenters. The third-order valence-electron chi connectivity index (χ3n) is 1.76. The molecule has 17 heavy (non-hydrogen) atoms. The largest absolute Gasteiger partial charge is 0.486 e. The second-order valence-corrected chi connectivity index (χ2v) is 3.52. The topological polar surface area (TPSA) is 52.4 Å². The van der Waals surface area contributed by atoms with E-state index in [-0.39, 0.29) is 10.8 Å². The van der Waals surface area contributed by atoms with E-state index in [1.54, 1.807) is 0 Å². The Morgan fingerprint density at radius 2 is 2.06 bits per heavy atom. The van der Waals surface area contributed by atoms with Crippen LogP contribution in [0.4, 0.5) is 18.9 Å². The molecule has 0 bridgehead atoms. The zero-order valence-electron chi connectivity index (χ0n) is 8.33. The molecule has 1 aromatic carbocycles. The summed E-state index contributed by atoms with van der Waals surface area (Å²) in [5.74, 6) is -0.233. The minimum Gasteiger partial charge on any atom is -0.486 e. The van der Waals surface area contributed by atoms with E-state index in [0.29, 0.717) is 0 Å². The van der Waals surface area contributed by atoms with Gasteiger partial charge in [0.1, 0.15) is 0 Å². The molecule has 0 unspecified atom stereocenters. The summed E-state index contributed by atoms with van der Waals surface area (Å²) < 4.78 is 40.2. The number of rotatable bonds is 4. The van der Waals surface area contributed by atoms with Gasteiger partial charge in [-0.2, -0.15) is 13.2 Å². The first-order valence-corrected chi connectivity index (χ1v) is 4.81. The van der Waals surface area contributed by atoms with Crippen molar-refractivity contribution in [3.8, 4) is 5.75 Å². The molecular weight excluding hydrogens is 263 g/mol. The molecule has 4 nitrogen and oxygen atoms in total. The van der Waals surface area contributed by atoms with E-state index in [0.717, 1.165) is 12.1 Å². The Kier molecular flexibility index (Phi) is 4.17. The van der Waals surface area contributed by atoms with Crippen LogP contribution >= 0.6 is 11.6 Å². The van der Waals surface area contributed by atoms with E-state index in [1.165, 1.54) is 6.07 Å². The summed E-state index contributed by atoms with van der Waals surface area (Å²) in [5.41, 5.74) is -0.459. The van der Waals surface area contributed by atoms with E-state index >= 15 is 0 Å². The zero-order valence-corrected chi connectivity index (χ0v) is 9.09. The van der Waals surface area contributed by atoms with Gasteiger partial charge in [0, 0.05) is 11.1 Å². The lowest BCUT2D eigenvalue weighted by Crippen LogP contribution is -2.13. The van der Waals surface area contributed by atoms with Crippen LogP contribution in [-0.2, 0) is 0 Å². The molecule has 0 spiro atoms. The Balaban J connectivity index is 2.74. The van der Waals surface area contributed by atoms with Crippen LogP contribution in [0.1, 0.15) is 6.42 Å². The summed E-state index contributed by atoms with van der Waals surface area (Å²) in [6.07, 6.45) is -5.53. The highest BCUT2D eigenvalue weighted by Crippen LogP contribution is 2.30. The Morgan fingerprint density at radius 3 is 2.59 bits per heavy atom. The second kappa shape index (κ2) is 5.22. The van der Waals surface area contributed by atoms with Crippen molar-refractivity contribution in [2.24, 2.45) is 0 Å². The summed E-state index contributed by atoms with van der Waals surface area (Å²) >= 11 is 5.53. The van der Waals surface area contributed by atoms with Crippen molar-refractivity contribution >= 4 is 17.3 Å². The van der Waals surface area contributed by atoms with Crippen molar-refractivity contribution in [2.75, 3.05) is 6.61 Å². The first-order valence-electron chi connectivity index (χ1n) is 4.43. The van der Waals surface area contributed by atoms with Gasteiger partial charge < -0.3 is 4.74 Å². The highest BCUT2D eigenvalue weighted by Gasteiger charge is 2.27. The minimum atomic E-state index is -4.36. The molecule has 0 amide bonds. The van der Waals surface area contributed by atoms with Gasteiger partial charge in [-0.25, -0.2) is 0 Å². The molecule has 0 fully saturated rings. The Hall–Kier alpha value is -1.50. The summed E-state index contributed by atoms with van der Waals surface area (Å²) in [6, 6.07) is 3.48. The van der Waals surface area contributed by atoms with Crippen LogP contribution < -0.4 is 4.74 Å². The average molecular weight is 270 g/mol. The molecule has 0 saturated carbocycles. The molecule has 0 aliphatic carbocycles. The standard InChI is InChI=1S/C9H7ClF3NO3/c10-6-1-2-8(7(5-6)14(15)16)17-4-3-9(11,12)13/h1-2,5H,3-4H2. The van der Waals surface area contributed by atoms with Crippen molar-refractivity contribution < 1.29 is 22.8 Å². The fourth-order valence-corrected chi connectivity index (χ4v) is 1.20. The molecule has 0 aliphatic heterocycles. The van der Waals surface area contributed by atoms with Crippen LogP contribution in [0.25, 0.3) is 0 Å². The third kappa shape index (κ3) is 4.48. The van der Waals surface area contributed by atoms with Crippen molar-refractivity contribution in [3.63, 3.8) is 0 Å². The Bertz CT molecular complexity index is 422. The third-order valence-corrected chi connectivity index (χ3v) is 2.00.